The molecule has 1 saturated heterocycles. The van der Waals surface area contributed by atoms with Crippen LogP contribution in [0.2, 0.25) is 0 Å². The van der Waals surface area contributed by atoms with Gasteiger partial charge in [0.1, 0.15) is 5.75 Å². The molecule has 1 aromatic rings. The van der Waals surface area contributed by atoms with Crippen LogP contribution in [0.3, 0.4) is 0 Å². The number of halogens is 1. The minimum atomic E-state index is -0.749. The number of hydrogen-bond acceptors (Lipinski definition) is 3. The number of benzene rings is 1. The molecule has 0 aliphatic carbocycles. The quantitative estimate of drug-likeness (QED) is 0.904. The first-order valence-electron chi connectivity index (χ1n) is 5.29. The smallest absolute Gasteiger partial charge is 0.255 e. The number of carbonyl (C=O) groups excluding carboxylic acids is 1. The molecule has 4 nitrogen and oxygen atoms in total. The van der Waals surface area contributed by atoms with Crippen molar-refractivity contribution in [3.8, 4) is 5.75 Å². The van der Waals surface area contributed by atoms with Gasteiger partial charge in [0.15, 0.2) is 0 Å². The lowest BCUT2D eigenvalue weighted by Gasteiger charge is -2.44. The second-order valence-electron chi connectivity index (χ2n) is 4.48. The van der Waals surface area contributed by atoms with Crippen LogP contribution in [0.4, 0.5) is 0 Å². The van der Waals surface area contributed by atoms with E-state index in [1.54, 1.807) is 37.1 Å². The first-order valence-corrected chi connectivity index (χ1v) is 6.08. The summed E-state index contributed by atoms with van der Waals surface area (Å²) < 4.78 is 5.79. The summed E-state index contributed by atoms with van der Waals surface area (Å²) in [7, 11) is 1.56. The fourth-order valence-corrected chi connectivity index (χ4v) is 2.52. The number of hydrogen-bond donors (Lipinski definition) is 1. The van der Waals surface area contributed by atoms with Gasteiger partial charge >= 0.3 is 0 Å². The van der Waals surface area contributed by atoms with Gasteiger partial charge in [-0.25, -0.2) is 0 Å². The van der Waals surface area contributed by atoms with Crippen LogP contribution in [0.5, 0.6) is 5.75 Å². The Labute approximate surface area is 108 Å². The Morgan fingerprint density at radius 1 is 1.53 bits per heavy atom. The van der Waals surface area contributed by atoms with Crippen molar-refractivity contribution in [2.45, 2.75) is 12.5 Å². The number of carbonyl (C=O) groups is 1. The second-order valence-corrected chi connectivity index (χ2v) is 5.27. The summed E-state index contributed by atoms with van der Waals surface area (Å²) in [6.07, 6.45) is 0. The van der Waals surface area contributed by atoms with Crippen LogP contribution in [0.1, 0.15) is 17.3 Å². The van der Waals surface area contributed by atoms with Crippen LogP contribution in [0.15, 0.2) is 22.7 Å². The highest BCUT2D eigenvalue weighted by Crippen LogP contribution is 2.31. The van der Waals surface area contributed by atoms with Gasteiger partial charge in [-0.15, -0.1) is 0 Å². The molecule has 17 heavy (non-hydrogen) atoms. The molecule has 0 radical (unpaired) electrons. The summed E-state index contributed by atoms with van der Waals surface area (Å²) in [5, 5.41) is 9.62. The third kappa shape index (κ3) is 2.30. The molecule has 1 fully saturated rings. The van der Waals surface area contributed by atoms with E-state index in [1.807, 2.05) is 0 Å². The second kappa shape index (κ2) is 4.31. The number of amides is 1. The Morgan fingerprint density at radius 3 is 2.71 bits per heavy atom. The van der Waals surface area contributed by atoms with Crippen molar-refractivity contribution in [3.63, 3.8) is 0 Å². The molecule has 1 amide bonds. The van der Waals surface area contributed by atoms with E-state index in [4.69, 9.17) is 4.74 Å². The van der Waals surface area contributed by atoms with Crippen molar-refractivity contribution < 1.29 is 14.6 Å². The summed E-state index contributed by atoms with van der Waals surface area (Å²) in [6, 6.07) is 5.30. The number of nitrogens with zero attached hydrogens (tertiary/aromatic N) is 1. The predicted octanol–water partition coefficient (Wildman–Crippen LogP) is 1.66. The number of aliphatic hydroxyl groups is 1. The molecule has 5 heteroatoms. The maximum atomic E-state index is 12.1. The standard InChI is InChI=1S/C12H14BrNO3/c1-12(16)6-14(7-12)11(15)8-4-3-5-9(17-2)10(8)13/h3-5,16H,6-7H2,1-2H3. The Morgan fingerprint density at radius 2 is 2.18 bits per heavy atom. The van der Waals surface area contributed by atoms with Gasteiger partial charge in [-0.05, 0) is 35.0 Å². The lowest BCUT2D eigenvalue weighted by Crippen LogP contribution is -2.61. The average Bonchev–Trinajstić information content (AvgIpc) is 2.25. The number of likely N-dealkylation sites (tertiary alicyclic amines) is 1. The fourth-order valence-electron chi connectivity index (χ4n) is 1.92. The van der Waals surface area contributed by atoms with Gasteiger partial charge in [0.25, 0.3) is 5.91 Å². The van der Waals surface area contributed by atoms with Gasteiger partial charge < -0.3 is 14.7 Å². The highest BCUT2D eigenvalue weighted by Gasteiger charge is 2.40. The van der Waals surface area contributed by atoms with Crippen molar-refractivity contribution in [2.75, 3.05) is 20.2 Å². The predicted molar refractivity (Wildman–Crippen MR) is 67.2 cm³/mol. The van der Waals surface area contributed by atoms with E-state index in [1.165, 1.54) is 0 Å². The molecule has 0 saturated carbocycles. The largest absolute Gasteiger partial charge is 0.496 e. The van der Waals surface area contributed by atoms with Gasteiger partial charge in [-0.3, -0.25) is 4.79 Å². The molecule has 0 spiro atoms. The van der Waals surface area contributed by atoms with E-state index >= 15 is 0 Å². The van der Waals surface area contributed by atoms with Crippen molar-refractivity contribution >= 4 is 21.8 Å². The Kier molecular flexibility index (Phi) is 3.14. The van der Waals surface area contributed by atoms with Gasteiger partial charge in [0, 0.05) is 0 Å². The topological polar surface area (TPSA) is 49.8 Å². The molecular weight excluding hydrogens is 286 g/mol. The van der Waals surface area contributed by atoms with E-state index in [-0.39, 0.29) is 5.91 Å². The molecule has 0 unspecified atom stereocenters. The zero-order chi connectivity index (χ0) is 12.6. The number of β-amino-alcohol motifs (C(OH)–C–C–N with tert-alkyl or cyclic N) is 1. The number of ether oxygens (including phenoxy) is 1. The summed E-state index contributed by atoms with van der Waals surface area (Å²) in [5.74, 6) is 0.533. The van der Waals surface area contributed by atoms with Crippen LogP contribution < -0.4 is 4.74 Å². The average molecular weight is 300 g/mol. The zero-order valence-electron chi connectivity index (χ0n) is 9.74. The molecule has 1 aliphatic rings. The molecule has 0 aromatic heterocycles. The van der Waals surface area contributed by atoms with Crippen LogP contribution >= 0.6 is 15.9 Å². The normalized spacial score (nSPS) is 17.5. The van der Waals surface area contributed by atoms with Crippen molar-refractivity contribution in [1.29, 1.82) is 0 Å². The zero-order valence-corrected chi connectivity index (χ0v) is 11.3. The SMILES string of the molecule is COc1cccc(C(=O)N2CC(C)(O)C2)c1Br. The summed E-state index contributed by atoms with van der Waals surface area (Å²) in [6.45, 7) is 2.46. The molecule has 1 heterocycles. The van der Waals surface area contributed by atoms with Crippen LogP contribution in [0.25, 0.3) is 0 Å². The van der Waals surface area contributed by atoms with Crippen LogP contribution in [-0.2, 0) is 0 Å². The minimum absolute atomic E-state index is 0.0951. The first kappa shape index (κ1) is 12.4. The van der Waals surface area contributed by atoms with E-state index in [9.17, 15) is 9.90 Å². The van der Waals surface area contributed by atoms with Gasteiger partial charge in [0.2, 0.25) is 0 Å². The molecule has 1 N–H and O–H groups in total. The Balaban J connectivity index is 2.21. The summed E-state index contributed by atoms with van der Waals surface area (Å²) >= 11 is 3.36. The Hall–Kier alpha value is -1.07. The molecular formula is C12H14BrNO3. The third-order valence-corrected chi connectivity index (χ3v) is 3.58. The Bertz CT molecular complexity index is 451. The van der Waals surface area contributed by atoms with Gasteiger partial charge in [0.05, 0.1) is 35.8 Å². The fraction of sp³-hybridized carbons (Fsp3) is 0.417. The minimum Gasteiger partial charge on any atom is -0.496 e. The van der Waals surface area contributed by atoms with Crippen molar-refractivity contribution in [1.82, 2.24) is 4.90 Å². The highest BCUT2D eigenvalue weighted by atomic mass is 79.9. The van der Waals surface area contributed by atoms with E-state index in [0.29, 0.717) is 28.9 Å². The lowest BCUT2D eigenvalue weighted by atomic mass is 9.96. The molecule has 1 aliphatic heterocycles. The van der Waals surface area contributed by atoms with E-state index in [0.717, 1.165) is 0 Å². The molecule has 0 bridgehead atoms. The van der Waals surface area contributed by atoms with E-state index in [2.05, 4.69) is 15.9 Å². The van der Waals surface area contributed by atoms with E-state index < -0.39 is 5.60 Å². The number of methoxy groups -OCH3 is 1. The molecule has 92 valence electrons. The van der Waals surface area contributed by atoms with Gasteiger partial charge in [-0.2, -0.15) is 0 Å². The maximum Gasteiger partial charge on any atom is 0.255 e. The third-order valence-electron chi connectivity index (χ3n) is 2.76. The first-order chi connectivity index (χ1) is 7.94. The highest BCUT2D eigenvalue weighted by molar-refractivity contribution is 9.10. The number of rotatable bonds is 2. The molecule has 0 atom stereocenters. The molecule has 2 rings (SSSR count). The summed E-state index contributed by atoms with van der Waals surface area (Å²) in [4.78, 5) is 13.7. The lowest BCUT2D eigenvalue weighted by molar-refractivity contribution is -0.0669. The monoisotopic (exact) mass is 299 g/mol. The summed E-state index contributed by atoms with van der Waals surface area (Å²) in [5.41, 5.74) is -0.194. The van der Waals surface area contributed by atoms with Crippen LogP contribution in [0, 0.1) is 0 Å². The molecule has 1 aromatic carbocycles. The van der Waals surface area contributed by atoms with Crippen LogP contribution in [-0.4, -0.2) is 41.7 Å². The van der Waals surface area contributed by atoms with Crippen molar-refractivity contribution in [3.05, 3.63) is 28.2 Å². The van der Waals surface area contributed by atoms with Gasteiger partial charge in [-0.1, -0.05) is 6.07 Å². The van der Waals surface area contributed by atoms with Crippen molar-refractivity contribution in [2.24, 2.45) is 0 Å². The maximum absolute atomic E-state index is 12.1.